The van der Waals surface area contributed by atoms with Crippen molar-refractivity contribution in [3.05, 3.63) is 17.6 Å². The summed E-state index contributed by atoms with van der Waals surface area (Å²) in [5, 5.41) is 11.0. The van der Waals surface area contributed by atoms with Gasteiger partial charge >= 0.3 is 6.03 Å². The van der Waals surface area contributed by atoms with E-state index >= 15 is 0 Å². The lowest BCUT2D eigenvalue weighted by atomic mass is 10.0. The van der Waals surface area contributed by atoms with Gasteiger partial charge in [-0.3, -0.25) is 4.68 Å². The smallest absolute Gasteiger partial charge is 0.353 e. The molecule has 0 fully saturated rings. The van der Waals surface area contributed by atoms with Crippen molar-refractivity contribution in [1.29, 1.82) is 0 Å². The molecular weight excluding hydrogens is 418 g/mol. The third-order valence-corrected chi connectivity index (χ3v) is 5.65. The quantitative estimate of drug-likeness (QED) is 0.663. The molecule has 3 heterocycles. The molecule has 9 nitrogen and oxygen atoms in total. The highest BCUT2D eigenvalue weighted by atomic mass is 32.2. The fraction of sp³-hybridized carbons (Fsp3) is 0.611. The predicted octanol–water partition coefficient (Wildman–Crippen LogP) is 3.63. The molecule has 1 aliphatic heterocycles. The van der Waals surface area contributed by atoms with Crippen LogP contribution in [0.1, 0.15) is 57.3 Å². The zero-order valence-corrected chi connectivity index (χ0v) is 18.2. The highest BCUT2D eigenvalue weighted by molar-refractivity contribution is 7.75. The lowest BCUT2D eigenvalue weighted by Gasteiger charge is -2.15. The second-order valence-corrected chi connectivity index (χ2v) is 8.82. The van der Waals surface area contributed by atoms with Crippen molar-refractivity contribution >= 4 is 22.3 Å². The molecule has 0 aromatic carbocycles. The topological polar surface area (TPSA) is 103 Å². The van der Waals surface area contributed by atoms with Gasteiger partial charge in [-0.2, -0.15) is 10.2 Å². The first-order valence-corrected chi connectivity index (χ1v) is 11.0. The Morgan fingerprint density at radius 2 is 2.07 bits per heavy atom. The standard InChI is InChI=1S/C18H26F2N6O3S/c1-10(2)14-15(16(11(3)4)26(23-14)9-13(19)20)22-18(27)24-30(28)12-8-21-25-6-5-7-29-17(12)25/h8,10-11,13,30H,5-7,9H2,1-4H3,(H,22,27). The average molecular weight is 445 g/mol. The molecule has 2 amide bonds. The van der Waals surface area contributed by atoms with Gasteiger partial charge in [0, 0.05) is 13.0 Å². The molecule has 30 heavy (non-hydrogen) atoms. The minimum absolute atomic E-state index is 0.124. The Bertz CT molecular complexity index is 1010. The SMILES string of the molecule is CC(C)c1nn(CC(F)F)c(C(C)C)c1NC(=O)/N=[SH](=O)/c1cnn2c1OCCC2. The van der Waals surface area contributed by atoms with E-state index in [9.17, 15) is 17.8 Å². The van der Waals surface area contributed by atoms with E-state index in [1.165, 1.54) is 10.9 Å². The molecule has 3 rings (SSSR count). The molecule has 0 saturated carbocycles. The van der Waals surface area contributed by atoms with Crippen molar-refractivity contribution in [3.8, 4) is 5.88 Å². The molecule has 1 aliphatic rings. The number of anilines is 1. The molecule has 0 saturated heterocycles. The summed E-state index contributed by atoms with van der Waals surface area (Å²) in [6.07, 6.45) is -0.407. The molecule has 1 N–H and O–H groups in total. The minimum Gasteiger partial charge on any atom is -0.477 e. The van der Waals surface area contributed by atoms with Gasteiger partial charge in [0.25, 0.3) is 6.43 Å². The maximum absolute atomic E-state index is 13.0. The lowest BCUT2D eigenvalue weighted by Crippen LogP contribution is -2.15. The van der Waals surface area contributed by atoms with Crippen molar-refractivity contribution in [1.82, 2.24) is 19.6 Å². The van der Waals surface area contributed by atoms with Crippen LogP contribution >= 0.6 is 0 Å². The third kappa shape index (κ3) is 4.63. The summed E-state index contributed by atoms with van der Waals surface area (Å²) in [4.78, 5) is 12.8. The first kappa shape index (κ1) is 22.2. The van der Waals surface area contributed by atoms with Crippen molar-refractivity contribution < 1.29 is 22.5 Å². The van der Waals surface area contributed by atoms with Crippen molar-refractivity contribution in [3.63, 3.8) is 0 Å². The summed E-state index contributed by atoms with van der Waals surface area (Å²) < 4.78 is 50.7. The number of ether oxygens (including phenoxy) is 1. The van der Waals surface area contributed by atoms with E-state index in [4.69, 9.17) is 4.74 Å². The highest BCUT2D eigenvalue weighted by Crippen LogP contribution is 2.33. The number of nitrogens with one attached hydrogen (secondary N) is 1. The van der Waals surface area contributed by atoms with Gasteiger partial charge in [0.2, 0.25) is 5.88 Å². The van der Waals surface area contributed by atoms with E-state index in [0.29, 0.717) is 36.1 Å². The van der Waals surface area contributed by atoms with E-state index in [1.54, 1.807) is 4.68 Å². The van der Waals surface area contributed by atoms with Gasteiger partial charge in [0.1, 0.15) is 11.4 Å². The van der Waals surface area contributed by atoms with Gasteiger partial charge < -0.3 is 10.1 Å². The molecule has 2 aromatic rings. The van der Waals surface area contributed by atoms with Crippen LogP contribution in [0.25, 0.3) is 0 Å². The van der Waals surface area contributed by atoms with E-state index in [1.807, 2.05) is 27.7 Å². The lowest BCUT2D eigenvalue weighted by molar-refractivity contribution is 0.120. The molecule has 0 spiro atoms. The van der Waals surface area contributed by atoms with E-state index < -0.39 is 29.6 Å². The number of amides is 2. The maximum atomic E-state index is 13.0. The van der Waals surface area contributed by atoms with Gasteiger partial charge in [0.05, 0.1) is 40.5 Å². The number of urea groups is 1. The molecular formula is C18H26F2N6O3S. The number of halogens is 2. The summed E-state index contributed by atoms with van der Waals surface area (Å²) in [5.74, 6) is 0.0555. The van der Waals surface area contributed by atoms with Crippen LogP contribution in [0.5, 0.6) is 5.88 Å². The van der Waals surface area contributed by atoms with Crippen LogP contribution in [0, 0.1) is 0 Å². The predicted molar refractivity (Wildman–Crippen MR) is 108 cm³/mol. The number of carbonyl (C=O) groups is 1. The number of hydrogen-bond donors (Lipinski definition) is 2. The van der Waals surface area contributed by atoms with Crippen molar-refractivity contribution in [2.24, 2.45) is 4.36 Å². The second kappa shape index (κ2) is 9.11. The van der Waals surface area contributed by atoms with Crippen LogP contribution in [0.4, 0.5) is 19.3 Å². The Morgan fingerprint density at radius 3 is 2.70 bits per heavy atom. The number of nitrogens with zero attached hydrogens (tertiary/aromatic N) is 5. The highest BCUT2D eigenvalue weighted by Gasteiger charge is 2.25. The van der Waals surface area contributed by atoms with Gasteiger partial charge in [-0.25, -0.2) is 22.5 Å². The third-order valence-electron chi connectivity index (χ3n) is 4.57. The van der Waals surface area contributed by atoms with Gasteiger partial charge in [-0.15, -0.1) is 4.36 Å². The van der Waals surface area contributed by atoms with E-state index in [-0.39, 0.29) is 16.7 Å². The van der Waals surface area contributed by atoms with Crippen LogP contribution in [-0.4, -0.2) is 42.8 Å². The molecule has 1 atom stereocenters. The summed E-state index contributed by atoms with van der Waals surface area (Å²) >= 11 is 0. The molecule has 1 unspecified atom stereocenters. The molecule has 2 aromatic heterocycles. The zero-order valence-electron chi connectivity index (χ0n) is 17.3. The number of thiol groups is 1. The van der Waals surface area contributed by atoms with Crippen LogP contribution < -0.4 is 10.1 Å². The average Bonchev–Trinajstić information content (AvgIpc) is 3.22. The summed E-state index contributed by atoms with van der Waals surface area (Å²) in [6.45, 7) is 7.90. The van der Waals surface area contributed by atoms with E-state index in [2.05, 4.69) is 19.9 Å². The summed E-state index contributed by atoms with van der Waals surface area (Å²) in [7, 11) is -2.44. The van der Waals surface area contributed by atoms with Crippen LogP contribution in [0.2, 0.25) is 0 Å². The monoisotopic (exact) mass is 444 g/mol. The first-order chi connectivity index (χ1) is 14.2. The Kier molecular flexibility index (Phi) is 6.74. The maximum Gasteiger partial charge on any atom is 0.353 e. The summed E-state index contributed by atoms with van der Waals surface area (Å²) in [6, 6.07) is -0.840. The van der Waals surface area contributed by atoms with Crippen molar-refractivity contribution in [2.45, 2.75) is 70.4 Å². The number of rotatable bonds is 6. The largest absolute Gasteiger partial charge is 0.477 e. The minimum atomic E-state index is -2.58. The Labute approximate surface area is 175 Å². The number of alkyl halides is 2. The Balaban J connectivity index is 1.92. The first-order valence-electron chi connectivity index (χ1n) is 9.76. The van der Waals surface area contributed by atoms with Gasteiger partial charge in [-0.1, -0.05) is 27.7 Å². The second-order valence-electron chi connectivity index (χ2n) is 7.59. The Morgan fingerprint density at radius 1 is 1.33 bits per heavy atom. The normalized spacial score (nSPS) is 15.0. The number of carbonyl (C=O) groups excluding carboxylic acids is 1. The van der Waals surface area contributed by atoms with Gasteiger partial charge in [-0.05, 0) is 11.8 Å². The number of hydrogen-bond acceptors (Lipinski definition) is 5. The molecule has 166 valence electrons. The zero-order chi connectivity index (χ0) is 22.0. The van der Waals surface area contributed by atoms with Crippen molar-refractivity contribution in [2.75, 3.05) is 11.9 Å². The molecule has 0 radical (unpaired) electrons. The molecule has 0 aliphatic carbocycles. The molecule has 0 bridgehead atoms. The fourth-order valence-corrected chi connectivity index (χ4v) is 4.15. The van der Waals surface area contributed by atoms with Crippen LogP contribution in [-0.2, 0) is 23.7 Å². The van der Waals surface area contributed by atoms with Gasteiger partial charge in [0.15, 0.2) is 0 Å². The van der Waals surface area contributed by atoms with E-state index in [0.717, 1.165) is 6.42 Å². The number of aromatic nitrogens is 4. The Hall–Kier alpha value is -2.50. The summed E-state index contributed by atoms with van der Waals surface area (Å²) in [5.41, 5.74) is 1.29. The fourth-order valence-electron chi connectivity index (χ4n) is 3.34. The number of fused-ring (bicyclic) bond motifs is 1. The van der Waals surface area contributed by atoms with Crippen LogP contribution in [0.15, 0.2) is 15.5 Å². The molecule has 12 heteroatoms. The van der Waals surface area contributed by atoms with Crippen LogP contribution in [0.3, 0.4) is 0 Å². The number of aryl methyl sites for hydroxylation is 1.